The first-order chi connectivity index (χ1) is 30.6. The van der Waals surface area contributed by atoms with E-state index < -0.39 is 133 Å². The van der Waals surface area contributed by atoms with Crippen LogP contribution in [0.2, 0.25) is 0 Å². The number of primary amides is 3. The molecule has 1 aliphatic rings. The first-order valence-corrected chi connectivity index (χ1v) is 21.6. The Morgan fingerprint density at radius 3 is 1.95 bits per heavy atom. The van der Waals surface area contributed by atoms with Crippen molar-refractivity contribution >= 4 is 65.0 Å². The molecule has 1 aromatic rings. The van der Waals surface area contributed by atoms with Gasteiger partial charge in [-0.25, -0.2) is 0 Å². The van der Waals surface area contributed by atoms with Gasteiger partial charge >= 0.3 is 0 Å². The summed E-state index contributed by atoms with van der Waals surface area (Å²) in [5, 5.41) is 29.8. The van der Waals surface area contributed by atoms with E-state index in [0.29, 0.717) is 18.4 Å². The molecule has 15 N–H and O–H groups in total. The lowest BCUT2D eigenvalue weighted by molar-refractivity contribution is -0.136. The molecule has 1 unspecified atom stereocenters. The number of nitrogens with one attached hydrogen (secondary N) is 8. The zero-order valence-corrected chi connectivity index (χ0v) is 37.3. The van der Waals surface area contributed by atoms with Gasteiger partial charge < -0.3 is 64.8 Å². The van der Waals surface area contributed by atoms with Gasteiger partial charge in [0.25, 0.3) is 0 Å². The molecule has 2 rings (SSSR count). The van der Waals surface area contributed by atoms with Crippen LogP contribution in [0, 0.1) is 11.8 Å². The van der Waals surface area contributed by atoms with E-state index in [1.165, 1.54) is 12.1 Å². The quantitative estimate of drug-likeness (QED) is 0.0692. The molecule has 1 fully saturated rings. The number of hydrogen-bond acceptors (Lipinski definition) is 12. The van der Waals surface area contributed by atoms with Crippen molar-refractivity contribution in [3.05, 3.63) is 29.8 Å². The van der Waals surface area contributed by atoms with E-state index in [1.54, 1.807) is 39.8 Å². The van der Waals surface area contributed by atoms with Crippen LogP contribution >= 0.6 is 0 Å². The molecule has 7 atom stereocenters. The minimum absolute atomic E-state index is 0.0245. The standard InChI is InChI=1S/C42H65N11O12/c1-5-23(4)36-42(65)51-27(15-16-31(43)55)39(62)52-30(19-32(44)56)40(63)50-26(37(60)47-21-35(59)49-28(17-22(2)3)38(61)46-20-33(45)57)9-7-6-8-10-34(58)48-29(41(64)53-36)18-24-11-13-25(54)14-12-24/h11-14,22-23,26-30,36,54H,5-10,15-21H2,1-4H3,(H2,43,55)(H2,44,56)(H2,45,57)(H,46,61)(H,47,60)(H,48,58)(H,49,59)(H,50,63)(H,51,65)(H,52,62)(H,53,64)/t23?,26-,27+,28-,29-,30+,36-/m0/s1. The van der Waals surface area contributed by atoms with Crippen molar-refractivity contribution in [2.45, 2.75) is 135 Å². The van der Waals surface area contributed by atoms with Crippen LogP contribution in [0.3, 0.4) is 0 Å². The van der Waals surface area contributed by atoms with Crippen LogP contribution in [-0.2, 0) is 59.2 Å². The molecule has 0 bridgehead atoms. The molecule has 1 heterocycles. The second kappa shape index (κ2) is 27.4. The van der Waals surface area contributed by atoms with Gasteiger partial charge in [0, 0.05) is 19.3 Å². The molecular weight excluding hydrogens is 851 g/mol. The monoisotopic (exact) mass is 915 g/mol. The molecule has 23 heteroatoms. The van der Waals surface area contributed by atoms with Gasteiger partial charge in [-0.3, -0.25) is 52.7 Å². The van der Waals surface area contributed by atoms with Gasteiger partial charge in [-0.1, -0.05) is 59.1 Å². The molecule has 360 valence electrons. The van der Waals surface area contributed by atoms with Crippen molar-refractivity contribution in [1.82, 2.24) is 42.5 Å². The first-order valence-electron chi connectivity index (χ1n) is 21.6. The van der Waals surface area contributed by atoms with Gasteiger partial charge in [-0.2, -0.15) is 0 Å². The van der Waals surface area contributed by atoms with Crippen LogP contribution < -0.4 is 59.7 Å². The third-order valence-electron chi connectivity index (χ3n) is 10.4. The summed E-state index contributed by atoms with van der Waals surface area (Å²) in [5.41, 5.74) is 16.5. The minimum Gasteiger partial charge on any atom is -0.508 e. The molecule has 0 saturated carbocycles. The summed E-state index contributed by atoms with van der Waals surface area (Å²) in [6, 6.07) is -2.31. The lowest BCUT2D eigenvalue weighted by atomic mass is 9.96. The van der Waals surface area contributed by atoms with Crippen molar-refractivity contribution in [2.75, 3.05) is 13.1 Å². The number of benzene rings is 1. The Bertz CT molecular complexity index is 1880. The Morgan fingerprint density at radius 2 is 1.35 bits per heavy atom. The number of aromatic hydroxyl groups is 1. The van der Waals surface area contributed by atoms with Gasteiger partial charge in [-0.05, 0) is 55.2 Å². The maximum Gasteiger partial charge on any atom is 0.243 e. The molecule has 23 nitrogen and oxygen atoms in total. The lowest BCUT2D eigenvalue weighted by Gasteiger charge is -2.29. The van der Waals surface area contributed by atoms with Crippen molar-refractivity contribution < 1.29 is 57.8 Å². The van der Waals surface area contributed by atoms with E-state index in [2.05, 4.69) is 42.5 Å². The van der Waals surface area contributed by atoms with Crippen molar-refractivity contribution in [3.8, 4) is 5.75 Å². The molecule has 0 radical (unpaired) electrons. The molecule has 0 spiro atoms. The Kier molecular flexibility index (Phi) is 22.9. The summed E-state index contributed by atoms with van der Waals surface area (Å²) in [7, 11) is 0. The molecule has 0 aliphatic carbocycles. The summed E-state index contributed by atoms with van der Waals surface area (Å²) >= 11 is 0. The fourth-order valence-electron chi connectivity index (χ4n) is 6.69. The van der Waals surface area contributed by atoms with Crippen molar-refractivity contribution in [2.24, 2.45) is 29.0 Å². The number of carbonyl (C=O) groups excluding carboxylic acids is 11. The number of rotatable bonds is 18. The second-order valence-corrected chi connectivity index (χ2v) is 16.5. The molecule has 1 aromatic carbocycles. The van der Waals surface area contributed by atoms with E-state index >= 15 is 0 Å². The average molecular weight is 916 g/mol. The molecule has 11 amide bonds. The summed E-state index contributed by atoms with van der Waals surface area (Å²) < 4.78 is 0. The SMILES string of the molecule is CCC(C)[C@@H]1NC(=O)[C@H](Cc2ccc(O)cc2)NC(=O)CCCCC[C@@H](C(=O)NCC(=O)N[C@@H](CC(C)C)C(=O)NCC(N)=O)NC(=O)[C@@H](CC(N)=O)NC(=O)[C@@H](CCC(N)=O)NC1=O. The predicted molar refractivity (Wildman–Crippen MR) is 233 cm³/mol. The van der Waals surface area contributed by atoms with E-state index in [4.69, 9.17) is 17.2 Å². The van der Waals surface area contributed by atoms with Gasteiger partial charge in [0.1, 0.15) is 42.0 Å². The minimum atomic E-state index is -1.72. The van der Waals surface area contributed by atoms with Crippen molar-refractivity contribution in [3.63, 3.8) is 0 Å². The van der Waals surface area contributed by atoms with Gasteiger partial charge in [0.05, 0.1) is 19.5 Å². The van der Waals surface area contributed by atoms with Crippen LogP contribution in [0.1, 0.15) is 97.5 Å². The summed E-state index contributed by atoms with van der Waals surface area (Å²) in [6.45, 7) is 5.87. The summed E-state index contributed by atoms with van der Waals surface area (Å²) in [6.07, 6.45) is -0.434. The number of phenols is 1. The zero-order chi connectivity index (χ0) is 48.8. The number of phenolic OH excluding ortho intramolecular Hbond substituents is 1. The van der Waals surface area contributed by atoms with E-state index in [9.17, 15) is 57.8 Å². The largest absolute Gasteiger partial charge is 0.508 e. The van der Waals surface area contributed by atoms with Crippen LogP contribution in [0.4, 0.5) is 0 Å². The highest BCUT2D eigenvalue weighted by molar-refractivity contribution is 5.98. The van der Waals surface area contributed by atoms with Crippen molar-refractivity contribution in [1.29, 1.82) is 0 Å². The maximum absolute atomic E-state index is 13.9. The maximum atomic E-state index is 13.9. The molecular formula is C42H65N11O12. The highest BCUT2D eigenvalue weighted by Gasteiger charge is 2.35. The number of carbonyl (C=O) groups is 11. The highest BCUT2D eigenvalue weighted by Crippen LogP contribution is 2.15. The highest BCUT2D eigenvalue weighted by atomic mass is 16.3. The fraction of sp³-hybridized carbons (Fsp3) is 0.595. The predicted octanol–water partition coefficient (Wildman–Crippen LogP) is -3.24. The van der Waals surface area contributed by atoms with Gasteiger partial charge in [0.15, 0.2) is 0 Å². The first kappa shape index (κ1) is 54.3. The molecule has 1 aliphatic heterocycles. The topological polar surface area (TPSA) is 382 Å². The van der Waals surface area contributed by atoms with Crippen LogP contribution in [0.15, 0.2) is 24.3 Å². The number of nitrogens with two attached hydrogens (primary N) is 3. The zero-order valence-electron chi connectivity index (χ0n) is 37.3. The normalized spacial score (nSPS) is 21.4. The molecule has 1 saturated heterocycles. The third kappa shape index (κ3) is 20.5. The van der Waals surface area contributed by atoms with Crippen LogP contribution in [-0.4, -0.2) is 119 Å². The van der Waals surface area contributed by atoms with E-state index in [-0.39, 0.29) is 56.6 Å². The third-order valence-corrected chi connectivity index (χ3v) is 10.4. The fourth-order valence-corrected chi connectivity index (χ4v) is 6.69. The average Bonchev–Trinajstić information content (AvgIpc) is 3.23. The second-order valence-electron chi connectivity index (χ2n) is 16.5. The lowest BCUT2D eigenvalue weighted by Crippen LogP contribution is -2.60. The van der Waals surface area contributed by atoms with Crippen LogP contribution in [0.5, 0.6) is 5.75 Å². The summed E-state index contributed by atoms with van der Waals surface area (Å²) in [4.78, 5) is 143. The molecule has 65 heavy (non-hydrogen) atoms. The Labute approximate surface area is 377 Å². The molecule has 0 aromatic heterocycles. The summed E-state index contributed by atoms with van der Waals surface area (Å²) in [5.74, 6) is -9.88. The van der Waals surface area contributed by atoms with Crippen LogP contribution in [0.25, 0.3) is 0 Å². The Hall–Kier alpha value is -6.81. The van der Waals surface area contributed by atoms with E-state index in [0.717, 1.165) is 0 Å². The van der Waals surface area contributed by atoms with Gasteiger partial charge in [-0.15, -0.1) is 0 Å². The number of amides is 11. The Morgan fingerprint density at radius 1 is 0.723 bits per heavy atom. The smallest absolute Gasteiger partial charge is 0.243 e. The van der Waals surface area contributed by atoms with Gasteiger partial charge in [0.2, 0.25) is 65.0 Å². The van der Waals surface area contributed by atoms with E-state index in [1.807, 2.05) is 0 Å². The number of hydrogen-bond donors (Lipinski definition) is 12. The Balaban J connectivity index is 2.50.